The highest BCUT2D eigenvalue weighted by Crippen LogP contribution is 2.38. The van der Waals surface area contributed by atoms with Crippen molar-refractivity contribution in [2.75, 3.05) is 6.54 Å². The number of allylic oxidation sites excluding steroid dienone is 1. The van der Waals surface area contributed by atoms with E-state index in [9.17, 15) is 0 Å². The van der Waals surface area contributed by atoms with Gasteiger partial charge in [-0.2, -0.15) is 0 Å². The van der Waals surface area contributed by atoms with Crippen LogP contribution in [0.2, 0.25) is 0 Å². The molecule has 0 radical (unpaired) electrons. The molecule has 0 aliphatic carbocycles. The van der Waals surface area contributed by atoms with E-state index in [1.807, 2.05) is 34.6 Å². The van der Waals surface area contributed by atoms with Crippen LogP contribution in [-0.2, 0) is 9.31 Å². The van der Waals surface area contributed by atoms with Crippen molar-refractivity contribution >= 4 is 13.3 Å². The van der Waals surface area contributed by atoms with Gasteiger partial charge in [-0.15, -0.1) is 0 Å². The Hall–Kier alpha value is -0.805. The topological polar surface area (TPSA) is 56.8 Å². The molecule has 0 saturated carbocycles. The summed E-state index contributed by atoms with van der Waals surface area (Å²) in [5, 5.41) is 0. The second kappa shape index (κ2) is 4.59. The summed E-state index contributed by atoms with van der Waals surface area (Å²) < 4.78 is 11.7. The summed E-state index contributed by atoms with van der Waals surface area (Å²) in [6.07, 6.45) is 3.20. The van der Waals surface area contributed by atoms with Crippen molar-refractivity contribution in [3.05, 3.63) is 11.7 Å². The summed E-state index contributed by atoms with van der Waals surface area (Å²) in [5.41, 5.74) is 5.64. The fourth-order valence-corrected chi connectivity index (χ4v) is 1.36. The Bertz CT molecular complexity index is 295. The summed E-state index contributed by atoms with van der Waals surface area (Å²) in [5.74, 6) is 0. The first-order chi connectivity index (χ1) is 7.34. The molecule has 5 heteroatoms. The maximum Gasteiger partial charge on any atom is 0.497 e. The molecule has 1 aliphatic rings. The highest BCUT2D eigenvalue weighted by molar-refractivity contribution is 6.60. The first-order valence-electron chi connectivity index (χ1n) is 5.61. The number of rotatable bonds is 3. The lowest BCUT2D eigenvalue weighted by Gasteiger charge is -2.32. The zero-order valence-electron chi connectivity index (χ0n) is 10.8. The van der Waals surface area contributed by atoms with Crippen molar-refractivity contribution < 1.29 is 9.31 Å². The third kappa shape index (κ3) is 2.47. The zero-order valence-corrected chi connectivity index (χ0v) is 10.8. The summed E-state index contributed by atoms with van der Waals surface area (Å²) in [7, 11) is -0.426. The summed E-state index contributed by atoms with van der Waals surface area (Å²) in [6.45, 7) is 10.7. The van der Waals surface area contributed by atoms with Gasteiger partial charge < -0.3 is 15.0 Å². The lowest BCUT2D eigenvalue weighted by atomic mass is 9.79. The molecular formula is C11H21BN2O2. The molecule has 0 amide bonds. The van der Waals surface area contributed by atoms with Crippen LogP contribution < -0.4 is 5.73 Å². The minimum absolute atomic E-state index is 0.341. The minimum atomic E-state index is -0.426. The van der Waals surface area contributed by atoms with Crippen molar-refractivity contribution in [3.63, 3.8) is 0 Å². The average Bonchev–Trinajstić information content (AvgIpc) is 2.37. The van der Waals surface area contributed by atoms with Gasteiger partial charge in [-0.1, -0.05) is 0 Å². The van der Waals surface area contributed by atoms with Crippen LogP contribution in [0.25, 0.3) is 0 Å². The van der Waals surface area contributed by atoms with Crippen LogP contribution >= 0.6 is 0 Å². The van der Waals surface area contributed by atoms with E-state index in [4.69, 9.17) is 15.0 Å². The van der Waals surface area contributed by atoms with Crippen molar-refractivity contribution in [2.45, 2.75) is 45.8 Å². The van der Waals surface area contributed by atoms with E-state index < -0.39 is 7.12 Å². The van der Waals surface area contributed by atoms with Gasteiger partial charge in [0.05, 0.1) is 11.2 Å². The average molecular weight is 224 g/mol. The normalized spacial score (nSPS) is 24.3. The molecule has 1 fully saturated rings. The van der Waals surface area contributed by atoms with Gasteiger partial charge in [0.1, 0.15) is 0 Å². The van der Waals surface area contributed by atoms with Crippen molar-refractivity contribution in [2.24, 2.45) is 10.7 Å². The zero-order chi connectivity index (χ0) is 12.4. The van der Waals surface area contributed by atoms with Gasteiger partial charge in [0.25, 0.3) is 0 Å². The Morgan fingerprint density at radius 1 is 1.25 bits per heavy atom. The first kappa shape index (κ1) is 13.3. The van der Waals surface area contributed by atoms with Gasteiger partial charge in [-0.3, -0.25) is 4.99 Å². The number of aliphatic imine (C=N–C) groups is 1. The van der Waals surface area contributed by atoms with E-state index in [1.54, 1.807) is 6.21 Å². The second-order valence-corrected chi connectivity index (χ2v) is 4.88. The smallest absolute Gasteiger partial charge is 0.405 e. The molecular weight excluding hydrogens is 203 g/mol. The third-order valence-electron chi connectivity index (χ3n) is 3.14. The molecule has 1 saturated heterocycles. The maximum absolute atomic E-state index is 5.85. The van der Waals surface area contributed by atoms with Gasteiger partial charge >= 0.3 is 7.12 Å². The highest BCUT2D eigenvalue weighted by atomic mass is 16.7. The van der Waals surface area contributed by atoms with Gasteiger partial charge in [0.2, 0.25) is 0 Å². The SMILES string of the molecule is CCN=CC(=CN)B1OC(C)(C)C(C)(C)O1. The molecule has 2 N–H and O–H groups in total. The van der Waals surface area contributed by atoms with Crippen LogP contribution in [0.3, 0.4) is 0 Å². The van der Waals surface area contributed by atoms with E-state index in [-0.39, 0.29) is 11.2 Å². The summed E-state index contributed by atoms with van der Waals surface area (Å²) in [6, 6.07) is 0. The van der Waals surface area contributed by atoms with E-state index in [1.165, 1.54) is 6.20 Å². The molecule has 1 rings (SSSR count). The minimum Gasteiger partial charge on any atom is -0.405 e. The largest absolute Gasteiger partial charge is 0.497 e. The van der Waals surface area contributed by atoms with Crippen LogP contribution in [0.1, 0.15) is 34.6 Å². The highest BCUT2D eigenvalue weighted by Gasteiger charge is 2.52. The predicted octanol–water partition coefficient (Wildman–Crippen LogP) is 1.55. The molecule has 0 spiro atoms. The summed E-state index contributed by atoms with van der Waals surface area (Å²) >= 11 is 0. The molecule has 0 atom stereocenters. The van der Waals surface area contributed by atoms with Crippen LogP contribution in [0.15, 0.2) is 16.7 Å². The third-order valence-corrected chi connectivity index (χ3v) is 3.14. The number of nitrogens with two attached hydrogens (primary N) is 1. The van der Waals surface area contributed by atoms with E-state index in [0.717, 1.165) is 12.0 Å². The van der Waals surface area contributed by atoms with Gasteiger partial charge in [0, 0.05) is 18.2 Å². The first-order valence-corrected chi connectivity index (χ1v) is 5.61. The maximum atomic E-state index is 5.85. The number of hydrogen-bond donors (Lipinski definition) is 1. The van der Waals surface area contributed by atoms with Crippen molar-refractivity contribution in [1.29, 1.82) is 0 Å². The van der Waals surface area contributed by atoms with Gasteiger partial charge in [-0.25, -0.2) is 0 Å². The lowest BCUT2D eigenvalue weighted by molar-refractivity contribution is 0.00578. The van der Waals surface area contributed by atoms with Crippen LogP contribution in [0, 0.1) is 0 Å². The Kier molecular flexibility index (Phi) is 3.81. The molecule has 90 valence electrons. The van der Waals surface area contributed by atoms with E-state index in [0.29, 0.717) is 0 Å². The lowest BCUT2D eigenvalue weighted by Crippen LogP contribution is -2.41. The van der Waals surface area contributed by atoms with Crippen LogP contribution in [0.4, 0.5) is 0 Å². The van der Waals surface area contributed by atoms with E-state index >= 15 is 0 Å². The molecule has 4 nitrogen and oxygen atoms in total. The van der Waals surface area contributed by atoms with Gasteiger partial charge in [-0.05, 0) is 40.8 Å². The molecule has 1 heterocycles. The molecule has 16 heavy (non-hydrogen) atoms. The predicted molar refractivity (Wildman–Crippen MR) is 67.4 cm³/mol. The number of nitrogens with zero attached hydrogens (tertiary/aromatic N) is 1. The van der Waals surface area contributed by atoms with Crippen molar-refractivity contribution in [1.82, 2.24) is 0 Å². The molecule has 1 aliphatic heterocycles. The van der Waals surface area contributed by atoms with Gasteiger partial charge in [0.15, 0.2) is 0 Å². The van der Waals surface area contributed by atoms with Crippen LogP contribution in [0.5, 0.6) is 0 Å². The monoisotopic (exact) mass is 224 g/mol. The molecule has 0 aromatic heterocycles. The Morgan fingerprint density at radius 2 is 1.75 bits per heavy atom. The fourth-order valence-electron chi connectivity index (χ4n) is 1.36. The Morgan fingerprint density at radius 3 is 2.12 bits per heavy atom. The standard InChI is InChI=1S/C11H21BN2O2/c1-6-14-8-9(7-13)12-15-10(2,3)11(4,5)16-12/h7-8H,6,13H2,1-5H3. The Labute approximate surface area is 98.0 Å². The molecule has 0 aromatic rings. The van der Waals surface area contributed by atoms with Crippen LogP contribution in [-0.4, -0.2) is 31.1 Å². The second-order valence-electron chi connectivity index (χ2n) is 4.88. The molecule has 0 aromatic carbocycles. The number of hydrogen-bond acceptors (Lipinski definition) is 4. The summed E-state index contributed by atoms with van der Waals surface area (Å²) in [4.78, 5) is 4.15. The molecule has 0 unspecified atom stereocenters. The molecule has 0 bridgehead atoms. The quantitative estimate of drug-likeness (QED) is 0.584. The van der Waals surface area contributed by atoms with E-state index in [2.05, 4.69) is 4.99 Å². The van der Waals surface area contributed by atoms with Crippen molar-refractivity contribution in [3.8, 4) is 0 Å². The Balaban J connectivity index is 2.82. The fraction of sp³-hybridized carbons (Fsp3) is 0.727.